The second-order valence-corrected chi connectivity index (χ2v) is 5.13. The molecule has 0 amide bonds. The van der Waals surface area contributed by atoms with Crippen molar-refractivity contribution in [3.8, 4) is 0 Å². The highest BCUT2D eigenvalue weighted by atomic mass is 16.1. The lowest BCUT2D eigenvalue weighted by Crippen LogP contribution is -2.06. The molecule has 0 heterocycles. The fourth-order valence-electron chi connectivity index (χ4n) is 1.79. The summed E-state index contributed by atoms with van der Waals surface area (Å²) in [4.78, 5) is 21.7. The molecular weight excluding hydrogens is 212 g/mol. The van der Waals surface area contributed by atoms with Crippen LogP contribution in [0.2, 0.25) is 0 Å². The molecule has 0 fully saturated rings. The minimum atomic E-state index is 0.0343. The van der Waals surface area contributed by atoms with Gasteiger partial charge < -0.3 is 0 Å². The third-order valence-corrected chi connectivity index (χ3v) is 2.96. The zero-order valence-corrected chi connectivity index (χ0v) is 10.6. The Kier molecular flexibility index (Phi) is 5.08. The molecule has 0 aromatic rings. The number of carbonyl (C=O) groups excluding carboxylic acids is 2. The SMILES string of the molecule is CC1(C)/C=C/C/C(C=O)=C\CC/C(C=O)=C\C1. The van der Waals surface area contributed by atoms with Crippen LogP contribution in [0, 0.1) is 5.41 Å². The van der Waals surface area contributed by atoms with Crippen molar-refractivity contribution in [3.63, 3.8) is 0 Å². The summed E-state index contributed by atoms with van der Waals surface area (Å²) in [6, 6.07) is 0. The van der Waals surface area contributed by atoms with E-state index in [9.17, 15) is 9.59 Å². The molecule has 0 aromatic carbocycles. The van der Waals surface area contributed by atoms with Crippen molar-refractivity contribution in [1.82, 2.24) is 0 Å². The Balaban J connectivity index is 2.92. The maximum Gasteiger partial charge on any atom is 0.146 e. The molecular formula is C15H20O2. The number of allylic oxidation sites excluding steroid dienone is 6. The van der Waals surface area contributed by atoms with Crippen molar-refractivity contribution in [1.29, 1.82) is 0 Å². The van der Waals surface area contributed by atoms with Crippen LogP contribution in [0.3, 0.4) is 0 Å². The van der Waals surface area contributed by atoms with Crippen molar-refractivity contribution < 1.29 is 9.59 Å². The maximum atomic E-state index is 10.9. The van der Waals surface area contributed by atoms with Crippen LogP contribution in [0.25, 0.3) is 0 Å². The number of hydrogen-bond acceptors (Lipinski definition) is 2. The van der Waals surface area contributed by atoms with Gasteiger partial charge in [-0.2, -0.15) is 0 Å². The minimum absolute atomic E-state index is 0.0343. The second kappa shape index (κ2) is 6.33. The number of hydrogen-bond donors (Lipinski definition) is 0. The topological polar surface area (TPSA) is 34.1 Å². The predicted molar refractivity (Wildman–Crippen MR) is 69.7 cm³/mol. The smallest absolute Gasteiger partial charge is 0.146 e. The van der Waals surface area contributed by atoms with Crippen LogP contribution < -0.4 is 0 Å². The Morgan fingerprint density at radius 1 is 1.12 bits per heavy atom. The predicted octanol–water partition coefficient (Wildman–Crippen LogP) is 3.39. The molecule has 0 unspecified atom stereocenters. The molecule has 1 aliphatic rings. The summed E-state index contributed by atoms with van der Waals surface area (Å²) in [7, 11) is 0. The van der Waals surface area contributed by atoms with Gasteiger partial charge in [-0.3, -0.25) is 9.59 Å². The standard InChI is InChI=1S/C15H20O2/c1-15(2)9-4-7-13(11-16)5-3-6-14(12-17)8-10-15/h4-5,8-9,11-12H,3,6-7,10H2,1-2H3/b9-4+,13-5+,14-8+. The molecule has 17 heavy (non-hydrogen) atoms. The van der Waals surface area contributed by atoms with Crippen LogP contribution in [0.5, 0.6) is 0 Å². The van der Waals surface area contributed by atoms with Crippen molar-refractivity contribution in [2.75, 3.05) is 0 Å². The highest BCUT2D eigenvalue weighted by Gasteiger charge is 2.12. The zero-order valence-electron chi connectivity index (χ0n) is 10.6. The molecule has 0 aromatic heterocycles. The summed E-state index contributed by atoms with van der Waals surface area (Å²) in [5.74, 6) is 0. The lowest BCUT2D eigenvalue weighted by Gasteiger charge is -2.18. The van der Waals surface area contributed by atoms with Crippen molar-refractivity contribution >= 4 is 12.6 Å². The average Bonchev–Trinajstić information content (AvgIpc) is 2.33. The first-order chi connectivity index (χ1) is 8.07. The van der Waals surface area contributed by atoms with Gasteiger partial charge in [-0.25, -0.2) is 0 Å². The van der Waals surface area contributed by atoms with Crippen LogP contribution in [-0.4, -0.2) is 12.6 Å². The van der Waals surface area contributed by atoms with Crippen LogP contribution in [0.4, 0.5) is 0 Å². The Labute approximate surface area is 103 Å². The Morgan fingerprint density at radius 3 is 2.47 bits per heavy atom. The van der Waals surface area contributed by atoms with Crippen molar-refractivity contribution in [2.24, 2.45) is 5.41 Å². The monoisotopic (exact) mass is 232 g/mol. The van der Waals surface area contributed by atoms with E-state index in [4.69, 9.17) is 0 Å². The highest BCUT2D eigenvalue weighted by Crippen LogP contribution is 2.25. The fraction of sp³-hybridized carbons (Fsp3) is 0.467. The van der Waals surface area contributed by atoms with Gasteiger partial charge in [0.2, 0.25) is 0 Å². The molecule has 2 heteroatoms. The lowest BCUT2D eigenvalue weighted by atomic mass is 9.87. The third-order valence-electron chi connectivity index (χ3n) is 2.96. The average molecular weight is 232 g/mol. The second-order valence-electron chi connectivity index (χ2n) is 5.13. The molecule has 0 atom stereocenters. The quantitative estimate of drug-likeness (QED) is 0.540. The summed E-state index contributed by atoms with van der Waals surface area (Å²) in [6.45, 7) is 4.26. The molecule has 0 saturated carbocycles. The van der Waals surface area contributed by atoms with E-state index in [0.717, 1.165) is 43.0 Å². The lowest BCUT2D eigenvalue weighted by molar-refractivity contribution is -0.105. The normalized spacial score (nSPS) is 28.8. The van der Waals surface area contributed by atoms with Gasteiger partial charge in [0.1, 0.15) is 12.6 Å². The first-order valence-corrected chi connectivity index (χ1v) is 6.03. The van der Waals surface area contributed by atoms with E-state index in [-0.39, 0.29) is 5.41 Å². The van der Waals surface area contributed by atoms with Crippen LogP contribution >= 0.6 is 0 Å². The summed E-state index contributed by atoms with van der Waals surface area (Å²) in [5, 5.41) is 0. The minimum Gasteiger partial charge on any atom is -0.298 e. The van der Waals surface area contributed by atoms with Gasteiger partial charge in [-0.05, 0) is 42.2 Å². The fourth-order valence-corrected chi connectivity index (χ4v) is 1.79. The number of aldehydes is 2. The number of rotatable bonds is 2. The van der Waals surface area contributed by atoms with Gasteiger partial charge in [0.05, 0.1) is 0 Å². The first kappa shape index (κ1) is 13.6. The van der Waals surface area contributed by atoms with E-state index in [1.165, 1.54) is 0 Å². The molecule has 1 rings (SSSR count). The van der Waals surface area contributed by atoms with E-state index < -0.39 is 0 Å². The molecule has 0 N–H and O–H groups in total. The van der Waals surface area contributed by atoms with Gasteiger partial charge in [0.25, 0.3) is 0 Å². The van der Waals surface area contributed by atoms with Gasteiger partial charge >= 0.3 is 0 Å². The molecule has 1 aliphatic carbocycles. The summed E-state index contributed by atoms with van der Waals surface area (Å²) in [6.07, 6.45) is 12.9. The van der Waals surface area contributed by atoms with Gasteiger partial charge in [-0.1, -0.05) is 38.2 Å². The highest BCUT2D eigenvalue weighted by molar-refractivity contribution is 5.74. The van der Waals surface area contributed by atoms with Crippen LogP contribution in [-0.2, 0) is 9.59 Å². The largest absolute Gasteiger partial charge is 0.298 e. The maximum absolute atomic E-state index is 10.9. The van der Waals surface area contributed by atoms with E-state index in [1.54, 1.807) is 0 Å². The van der Waals surface area contributed by atoms with Gasteiger partial charge in [0, 0.05) is 0 Å². The van der Waals surface area contributed by atoms with Gasteiger partial charge in [-0.15, -0.1) is 0 Å². The van der Waals surface area contributed by atoms with E-state index in [0.29, 0.717) is 6.42 Å². The Hall–Kier alpha value is -1.44. The van der Waals surface area contributed by atoms with Crippen LogP contribution in [0.15, 0.2) is 35.5 Å². The molecule has 2 nitrogen and oxygen atoms in total. The molecule has 0 saturated heterocycles. The molecule has 0 aliphatic heterocycles. The van der Waals surface area contributed by atoms with E-state index in [1.807, 2.05) is 18.2 Å². The Morgan fingerprint density at radius 2 is 1.82 bits per heavy atom. The first-order valence-electron chi connectivity index (χ1n) is 6.03. The molecule has 0 radical (unpaired) electrons. The summed E-state index contributed by atoms with van der Waals surface area (Å²) in [5.41, 5.74) is 1.66. The summed E-state index contributed by atoms with van der Waals surface area (Å²) < 4.78 is 0. The van der Waals surface area contributed by atoms with Crippen molar-refractivity contribution in [3.05, 3.63) is 35.5 Å². The third kappa shape index (κ3) is 4.94. The van der Waals surface area contributed by atoms with E-state index >= 15 is 0 Å². The molecule has 0 bridgehead atoms. The zero-order chi connectivity index (χ0) is 12.7. The molecule has 0 spiro atoms. The van der Waals surface area contributed by atoms with E-state index in [2.05, 4.69) is 19.9 Å². The Bertz CT molecular complexity index is 370. The van der Waals surface area contributed by atoms with Crippen LogP contribution in [0.1, 0.15) is 39.5 Å². The summed E-state index contributed by atoms with van der Waals surface area (Å²) >= 11 is 0. The van der Waals surface area contributed by atoms with Gasteiger partial charge in [0.15, 0.2) is 0 Å². The number of carbonyl (C=O) groups is 2. The van der Waals surface area contributed by atoms with Crippen molar-refractivity contribution in [2.45, 2.75) is 39.5 Å². The molecule has 92 valence electrons.